The van der Waals surface area contributed by atoms with Crippen LogP contribution in [-0.4, -0.2) is 15.6 Å². The van der Waals surface area contributed by atoms with Gasteiger partial charge in [0.15, 0.2) is 0 Å². The third-order valence-electron chi connectivity index (χ3n) is 0.527. The number of aliphatic hydroxyl groups excluding tert-OH is 1. The van der Waals surface area contributed by atoms with Crippen LogP contribution in [-0.2, 0) is 0 Å². The van der Waals surface area contributed by atoms with E-state index < -0.39 is 0 Å². The largest absolute Gasteiger partial charge is 0.393 e. The van der Waals surface area contributed by atoms with Gasteiger partial charge in [-0.3, -0.25) is 0 Å². The fourth-order valence-electron chi connectivity index (χ4n) is 0.158. The molecule has 0 aromatic rings. The van der Waals surface area contributed by atoms with Crippen molar-refractivity contribution in [2.75, 3.05) is 4.43 Å². The molecule has 0 aliphatic rings. The highest BCUT2D eigenvalue weighted by atomic mass is 127. The smallest absolute Gasteiger partial charge is 0.0519 e. The highest BCUT2D eigenvalue weighted by molar-refractivity contribution is 14.1. The van der Waals surface area contributed by atoms with E-state index in [0.717, 1.165) is 10.8 Å². The summed E-state index contributed by atoms with van der Waals surface area (Å²) in [5.74, 6) is 0. The summed E-state index contributed by atoms with van der Waals surface area (Å²) < 4.78 is 1.05. The molecule has 0 aromatic heterocycles. The summed E-state index contributed by atoms with van der Waals surface area (Å²) in [6.07, 6.45) is 0.808. The van der Waals surface area contributed by atoms with E-state index in [9.17, 15) is 0 Å². The Labute approximate surface area is 51.9 Å². The fraction of sp³-hybridized carbons (Fsp3) is 1.00. The van der Waals surface area contributed by atoms with Gasteiger partial charge >= 0.3 is 0 Å². The average molecular weight is 200 g/mol. The third-order valence-corrected chi connectivity index (χ3v) is 1.15. The predicted octanol–water partition coefficient (Wildman–Crippen LogP) is 1.19. The minimum absolute atomic E-state index is 0.109. The van der Waals surface area contributed by atoms with E-state index in [1.165, 1.54) is 0 Å². The highest BCUT2D eigenvalue weighted by Gasteiger charge is 1.88. The molecule has 2 heteroatoms. The molecule has 1 N–H and O–H groups in total. The number of hydrogen-bond donors (Lipinski definition) is 1. The van der Waals surface area contributed by atoms with Gasteiger partial charge in [-0.25, -0.2) is 0 Å². The molecule has 0 saturated carbocycles. The van der Waals surface area contributed by atoms with Gasteiger partial charge in [-0.05, 0) is 13.3 Å². The van der Waals surface area contributed by atoms with Crippen molar-refractivity contribution in [3.63, 3.8) is 0 Å². The maximum Gasteiger partial charge on any atom is 0.0519 e. The topological polar surface area (TPSA) is 20.2 Å². The second-order valence-corrected chi connectivity index (χ2v) is 2.41. The Morgan fingerprint density at radius 2 is 2.33 bits per heavy atom. The van der Waals surface area contributed by atoms with Gasteiger partial charge in [0.25, 0.3) is 0 Å². The van der Waals surface area contributed by atoms with Crippen LogP contribution in [0.1, 0.15) is 13.3 Å². The van der Waals surface area contributed by atoms with Crippen LogP contribution in [0.25, 0.3) is 0 Å². The van der Waals surface area contributed by atoms with Crippen molar-refractivity contribution in [2.24, 2.45) is 0 Å². The van der Waals surface area contributed by atoms with Gasteiger partial charge in [0.05, 0.1) is 6.10 Å². The summed E-state index contributed by atoms with van der Waals surface area (Å²) in [7, 11) is 0. The maximum atomic E-state index is 8.55. The molecule has 0 fully saturated rings. The quantitative estimate of drug-likeness (QED) is 0.524. The van der Waals surface area contributed by atoms with E-state index in [2.05, 4.69) is 22.6 Å². The first-order valence-corrected chi connectivity index (χ1v) is 3.54. The van der Waals surface area contributed by atoms with Crippen molar-refractivity contribution in [1.29, 1.82) is 0 Å². The summed E-state index contributed by atoms with van der Waals surface area (Å²) in [6.45, 7) is 1.80. The second kappa shape index (κ2) is 3.87. The van der Waals surface area contributed by atoms with Crippen LogP contribution in [0.15, 0.2) is 0 Å². The standard InChI is InChI=1S/C4H9IO/c1-4(6)2-3-5/h4,6H,2-3H2,1H3/t4-/m0/s1. The average Bonchev–Trinajstić information content (AvgIpc) is 1.35. The van der Waals surface area contributed by atoms with Gasteiger partial charge < -0.3 is 5.11 Å². The summed E-state index contributed by atoms with van der Waals surface area (Å²) in [6, 6.07) is 0. The molecule has 1 nitrogen and oxygen atoms in total. The monoisotopic (exact) mass is 200 g/mol. The van der Waals surface area contributed by atoms with E-state index in [4.69, 9.17) is 5.11 Å². The predicted molar refractivity (Wildman–Crippen MR) is 35.2 cm³/mol. The third kappa shape index (κ3) is 4.69. The molecule has 0 aliphatic carbocycles. The van der Waals surface area contributed by atoms with Gasteiger partial charge in [0.2, 0.25) is 0 Å². The number of alkyl halides is 1. The SMILES string of the molecule is C[C@H](O)CCI. The van der Waals surface area contributed by atoms with Gasteiger partial charge in [-0.1, -0.05) is 22.6 Å². The molecule has 0 rings (SSSR count). The molecular weight excluding hydrogens is 191 g/mol. The lowest BCUT2D eigenvalue weighted by Gasteiger charge is -1.94. The fourth-order valence-corrected chi connectivity index (χ4v) is 1.06. The number of hydrogen-bond acceptors (Lipinski definition) is 1. The Morgan fingerprint density at radius 3 is 2.33 bits per heavy atom. The Bertz CT molecular complexity index is 28.7. The van der Waals surface area contributed by atoms with E-state index in [1.54, 1.807) is 6.92 Å². The summed E-state index contributed by atoms with van der Waals surface area (Å²) in [4.78, 5) is 0. The lowest BCUT2D eigenvalue weighted by molar-refractivity contribution is 0.193. The van der Waals surface area contributed by atoms with Crippen molar-refractivity contribution >= 4 is 22.6 Å². The first-order chi connectivity index (χ1) is 2.77. The van der Waals surface area contributed by atoms with Crippen LogP contribution in [0.3, 0.4) is 0 Å². The summed E-state index contributed by atoms with van der Waals surface area (Å²) >= 11 is 2.24. The van der Waals surface area contributed by atoms with Gasteiger partial charge in [-0.15, -0.1) is 0 Å². The van der Waals surface area contributed by atoms with E-state index in [-0.39, 0.29) is 6.10 Å². The van der Waals surface area contributed by atoms with Crippen LogP contribution < -0.4 is 0 Å². The van der Waals surface area contributed by atoms with E-state index in [0.29, 0.717) is 0 Å². The maximum absolute atomic E-state index is 8.55. The molecule has 6 heavy (non-hydrogen) atoms. The Hall–Kier alpha value is 0.690. The Kier molecular flexibility index (Phi) is 4.31. The molecule has 0 amide bonds. The zero-order chi connectivity index (χ0) is 4.99. The molecule has 38 valence electrons. The van der Waals surface area contributed by atoms with Crippen LogP contribution in [0.5, 0.6) is 0 Å². The van der Waals surface area contributed by atoms with Gasteiger partial charge in [0, 0.05) is 4.43 Å². The van der Waals surface area contributed by atoms with E-state index in [1.807, 2.05) is 0 Å². The normalized spacial score (nSPS) is 14.5. The van der Waals surface area contributed by atoms with Crippen LogP contribution in [0.2, 0.25) is 0 Å². The first kappa shape index (κ1) is 6.69. The molecule has 0 saturated heterocycles. The van der Waals surface area contributed by atoms with Crippen molar-refractivity contribution in [1.82, 2.24) is 0 Å². The Balaban J connectivity index is 2.63. The molecule has 0 heterocycles. The lowest BCUT2D eigenvalue weighted by Crippen LogP contribution is -1.97. The Morgan fingerprint density at radius 1 is 1.83 bits per heavy atom. The summed E-state index contributed by atoms with van der Waals surface area (Å²) in [5.41, 5.74) is 0. The number of halogens is 1. The lowest BCUT2D eigenvalue weighted by atomic mass is 10.3. The molecule has 0 aliphatic heterocycles. The first-order valence-electron chi connectivity index (χ1n) is 2.01. The highest BCUT2D eigenvalue weighted by Crippen LogP contribution is 1.92. The van der Waals surface area contributed by atoms with Crippen LogP contribution in [0.4, 0.5) is 0 Å². The molecule has 0 spiro atoms. The molecular formula is C4H9IO. The molecule has 0 aromatic carbocycles. The minimum atomic E-state index is -0.109. The van der Waals surface area contributed by atoms with Crippen molar-refractivity contribution in [2.45, 2.75) is 19.4 Å². The molecule has 0 radical (unpaired) electrons. The van der Waals surface area contributed by atoms with Crippen LogP contribution >= 0.6 is 22.6 Å². The van der Waals surface area contributed by atoms with Crippen LogP contribution in [0, 0.1) is 0 Å². The zero-order valence-electron chi connectivity index (χ0n) is 3.82. The second-order valence-electron chi connectivity index (χ2n) is 1.33. The van der Waals surface area contributed by atoms with Gasteiger partial charge in [0.1, 0.15) is 0 Å². The molecule has 0 bridgehead atoms. The zero-order valence-corrected chi connectivity index (χ0v) is 5.97. The van der Waals surface area contributed by atoms with Crippen molar-refractivity contribution in [3.8, 4) is 0 Å². The number of rotatable bonds is 2. The van der Waals surface area contributed by atoms with Crippen molar-refractivity contribution in [3.05, 3.63) is 0 Å². The minimum Gasteiger partial charge on any atom is -0.393 e. The molecule has 1 atom stereocenters. The summed E-state index contributed by atoms with van der Waals surface area (Å²) in [5, 5.41) is 8.55. The van der Waals surface area contributed by atoms with Crippen molar-refractivity contribution < 1.29 is 5.11 Å². The van der Waals surface area contributed by atoms with Gasteiger partial charge in [-0.2, -0.15) is 0 Å². The van der Waals surface area contributed by atoms with E-state index >= 15 is 0 Å². The number of aliphatic hydroxyl groups is 1. The molecule has 0 unspecified atom stereocenters.